The molecule has 0 aliphatic rings. The van der Waals surface area contributed by atoms with Crippen molar-refractivity contribution < 1.29 is 0 Å². The third kappa shape index (κ3) is 1.51. The molecule has 1 aromatic carbocycles. The first-order valence-corrected chi connectivity index (χ1v) is 5.55. The Bertz CT molecular complexity index is 647. The Morgan fingerprint density at radius 2 is 1.88 bits per heavy atom. The molecular weight excluding hydrogens is 220 g/mol. The lowest BCUT2D eigenvalue weighted by molar-refractivity contribution is 1.31. The zero-order chi connectivity index (χ0) is 11.0. The Morgan fingerprint density at radius 3 is 2.69 bits per heavy atom. The summed E-state index contributed by atoms with van der Waals surface area (Å²) >= 11 is 1.26. The highest BCUT2D eigenvalue weighted by Gasteiger charge is 2.06. The summed E-state index contributed by atoms with van der Waals surface area (Å²) in [7, 11) is 0. The third-order valence-electron chi connectivity index (χ3n) is 2.26. The summed E-state index contributed by atoms with van der Waals surface area (Å²) in [5.74, 6) is 0.301. The number of hydrogen-bond donors (Lipinski definition) is 1. The molecule has 0 unspecified atom stereocenters. The summed E-state index contributed by atoms with van der Waals surface area (Å²) in [6.45, 7) is 0. The Hall–Kier alpha value is -2.01. The van der Waals surface area contributed by atoms with Crippen LogP contribution in [0.4, 0.5) is 5.95 Å². The lowest BCUT2D eigenvalue weighted by Gasteiger charge is -1.98. The van der Waals surface area contributed by atoms with E-state index in [1.807, 2.05) is 36.4 Å². The molecule has 0 radical (unpaired) electrons. The molecule has 0 saturated carbocycles. The largest absolute Gasteiger partial charge is 0.367 e. The summed E-state index contributed by atoms with van der Waals surface area (Å²) in [4.78, 5) is 8.62. The van der Waals surface area contributed by atoms with Crippen LogP contribution in [0, 0.1) is 0 Å². The lowest BCUT2D eigenvalue weighted by Crippen LogP contribution is -1.87. The second-order valence-corrected chi connectivity index (χ2v) is 4.10. The molecule has 16 heavy (non-hydrogen) atoms. The van der Waals surface area contributed by atoms with E-state index < -0.39 is 0 Å². The van der Waals surface area contributed by atoms with E-state index in [1.54, 1.807) is 0 Å². The van der Waals surface area contributed by atoms with E-state index in [9.17, 15) is 0 Å². The van der Waals surface area contributed by atoms with E-state index in [4.69, 9.17) is 5.73 Å². The number of nitrogens with zero attached hydrogens (tertiary/aromatic N) is 3. The van der Waals surface area contributed by atoms with Crippen molar-refractivity contribution in [3.8, 4) is 10.7 Å². The van der Waals surface area contributed by atoms with E-state index in [2.05, 4.69) is 14.3 Å². The van der Waals surface area contributed by atoms with Gasteiger partial charge in [0.15, 0.2) is 5.01 Å². The molecular formula is C11H8N4S. The van der Waals surface area contributed by atoms with Crippen LogP contribution in [0.3, 0.4) is 0 Å². The molecule has 0 bridgehead atoms. The van der Waals surface area contributed by atoms with E-state index in [0.29, 0.717) is 5.95 Å². The smallest absolute Gasteiger partial charge is 0.232 e. The number of pyridine rings is 1. The van der Waals surface area contributed by atoms with Gasteiger partial charge in [-0.2, -0.15) is 9.36 Å². The number of nitrogen functional groups attached to an aromatic ring is 1. The predicted octanol–water partition coefficient (Wildman–Crippen LogP) is 2.34. The monoisotopic (exact) mass is 228 g/mol. The molecule has 3 aromatic rings. The zero-order valence-electron chi connectivity index (χ0n) is 8.29. The molecule has 2 aromatic heterocycles. The topological polar surface area (TPSA) is 64.7 Å². The fourth-order valence-electron chi connectivity index (χ4n) is 1.52. The van der Waals surface area contributed by atoms with Gasteiger partial charge in [0.05, 0.1) is 5.52 Å². The number of benzene rings is 1. The van der Waals surface area contributed by atoms with Gasteiger partial charge in [-0.05, 0) is 23.7 Å². The minimum absolute atomic E-state index is 0.301. The van der Waals surface area contributed by atoms with Crippen LogP contribution in [0.15, 0.2) is 36.4 Å². The second kappa shape index (κ2) is 3.53. The van der Waals surface area contributed by atoms with Crippen LogP contribution < -0.4 is 5.73 Å². The highest BCUT2D eigenvalue weighted by atomic mass is 32.1. The Kier molecular flexibility index (Phi) is 2.04. The summed E-state index contributed by atoms with van der Waals surface area (Å²) in [6.07, 6.45) is 0. The zero-order valence-corrected chi connectivity index (χ0v) is 9.11. The molecule has 0 amide bonds. The van der Waals surface area contributed by atoms with Crippen molar-refractivity contribution >= 4 is 28.4 Å². The maximum Gasteiger partial charge on any atom is 0.232 e. The van der Waals surface area contributed by atoms with Crippen molar-refractivity contribution in [1.82, 2.24) is 14.3 Å². The molecule has 3 rings (SSSR count). The second-order valence-electron chi connectivity index (χ2n) is 3.35. The molecule has 0 saturated heterocycles. The molecule has 0 aliphatic carbocycles. The maximum absolute atomic E-state index is 5.49. The van der Waals surface area contributed by atoms with Gasteiger partial charge in [0.25, 0.3) is 0 Å². The van der Waals surface area contributed by atoms with Crippen molar-refractivity contribution in [2.75, 3.05) is 5.73 Å². The Balaban J connectivity index is 2.18. The molecule has 78 valence electrons. The number of nitrogens with two attached hydrogens (primary N) is 1. The number of hydrogen-bond acceptors (Lipinski definition) is 5. The van der Waals surface area contributed by atoms with Gasteiger partial charge in [-0.3, -0.25) is 0 Å². The summed E-state index contributed by atoms with van der Waals surface area (Å²) in [6, 6.07) is 11.9. The van der Waals surface area contributed by atoms with Crippen LogP contribution in [0.25, 0.3) is 21.6 Å². The molecule has 4 nitrogen and oxygen atoms in total. The van der Waals surface area contributed by atoms with Gasteiger partial charge in [-0.15, -0.1) is 0 Å². The molecule has 2 heterocycles. The summed E-state index contributed by atoms with van der Waals surface area (Å²) in [5.41, 5.74) is 7.25. The first kappa shape index (κ1) is 9.23. The molecule has 0 spiro atoms. The molecule has 2 N–H and O–H groups in total. The van der Waals surface area contributed by atoms with Gasteiger partial charge in [0.2, 0.25) is 5.95 Å². The van der Waals surface area contributed by atoms with E-state index >= 15 is 0 Å². The first-order chi connectivity index (χ1) is 7.83. The number of anilines is 1. The van der Waals surface area contributed by atoms with Crippen LogP contribution in [0.2, 0.25) is 0 Å². The highest BCUT2D eigenvalue weighted by Crippen LogP contribution is 2.22. The van der Waals surface area contributed by atoms with E-state index in [0.717, 1.165) is 21.6 Å². The van der Waals surface area contributed by atoms with Crippen molar-refractivity contribution in [3.05, 3.63) is 36.4 Å². The SMILES string of the molecule is Nc1nsc(-c2ccc3ccccc3n2)n1. The van der Waals surface area contributed by atoms with Gasteiger partial charge in [0.1, 0.15) is 5.69 Å². The molecule has 0 fully saturated rings. The lowest BCUT2D eigenvalue weighted by atomic mass is 10.2. The van der Waals surface area contributed by atoms with Crippen molar-refractivity contribution in [3.63, 3.8) is 0 Å². The fraction of sp³-hybridized carbons (Fsp3) is 0. The van der Waals surface area contributed by atoms with Gasteiger partial charge < -0.3 is 5.73 Å². The minimum atomic E-state index is 0.301. The number of para-hydroxylation sites is 1. The number of aromatic nitrogens is 3. The number of rotatable bonds is 1. The minimum Gasteiger partial charge on any atom is -0.367 e. The predicted molar refractivity (Wildman–Crippen MR) is 65.1 cm³/mol. The van der Waals surface area contributed by atoms with Crippen LogP contribution in [0.5, 0.6) is 0 Å². The normalized spacial score (nSPS) is 10.8. The standard InChI is InChI=1S/C11H8N4S/c12-11-14-10(16-15-11)9-6-5-7-3-1-2-4-8(7)13-9/h1-6H,(H2,12,15). The fourth-order valence-corrected chi connectivity index (χ4v) is 2.09. The van der Waals surface area contributed by atoms with Crippen LogP contribution in [-0.4, -0.2) is 14.3 Å². The van der Waals surface area contributed by atoms with Crippen molar-refractivity contribution in [2.24, 2.45) is 0 Å². The first-order valence-electron chi connectivity index (χ1n) is 4.78. The van der Waals surface area contributed by atoms with E-state index in [-0.39, 0.29) is 0 Å². The van der Waals surface area contributed by atoms with Gasteiger partial charge in [-0.1, -0.05) is 24.3 Å². The van der Waals surface area contributed by atoms with Crippen LogP contribution >= 0.6 is 11.5 Å². The van der Waals surface area contributed by atoms with Crippen LogP contribution in [-0.2, 0) is 0 Å². The molecule has 0 atom stereocenters. The van der Waals surface area contributed by atoms with Crippen molar-refractivity contribution in [1.29, 1.82) is 0 Å². The van der Waals surface area contributed by atoms with Crippen molar-refractivity contribution in [2.45, 2.75) is 0 Å². The summed E-state index contributed by atoms with van der Waals surface area (Å²) < 4.78 is 3.94. The maximum atomic E-state index is 5.49. The van der Waals surface area contributed by atoms with Gasteiger partial charge in [0, 0.05) is 5.39 Å². The number of fused-ring (bicyclic) bond motifs is 1. The van der Waals surface area contributed by atoms with Gasteiger partial charge in [-0.25, -0.2) is 4.98 Å². The molecule has 5 heteroatoms. The van der Waals surface area contributed by atoms with Crippen LogP contribution in [0.1, 0.15) is 0 Å². The quantitative estimate of drug-likeness (QED) is 0.694. The Morgan fingerprint density at radius 1 is 1.00 bits per heavy atom. The third-order valence-corrected chi connectivity index (χ3v) is 3.01. The van der Waals surface area contributed by atoms with Gasteiger partial charge >= 0.3 is 0 Å². The van der Waals surface area contributed by atoms with E-state index in [1.165, 1.54) is 11.5 Å². The Labute approximate surface area is 96.0 Å². The average molecular weight is 228 g/mol. The molecule has 0 aliphatic heterocycles. The average Bonchev–Trinajstić information content (AvgIpc) is 2.75. The summed E-state index contributed by atoms with van der Waals surface area (Å²) in [5, 5.41) is 1.87. The highest BCUT2D eigenvalue weighted by molar-refractivity contribution is 7.09.